The Morgan fingerprint density at radius 2 is 1.57 bits per heavy atom. The van der Waals surface area contributed by atoms with Crippen LogP contribution < -0.4 is 19.1 Å². The highest BCUT2D eigenvalue weighted by atomic mass is 32.2. The quantitative estimate of drug-likeness (QED) is 0.464. The molecule has 0 spiro atoms. The largest absolute Gasteiger partial charge is 0.497 e. The molecule has 0 saturated carbocycles. The van der Waals surface area contributed by atoms with E-state index in [0.29, 0.717) is 17.2 Å². The normalized spacial score (nSPS) is 12.1. The van der Waals surface area contributed by atoms with Crippen molar-refractivity contribution in [1.82, 2.24) is 5.32 Å². The van der Waals surface area contributed by atoms with Crippen molar-refractivity contribution in [2.24, 2.45) is 0 Å². The molecule has 3 aromatic carbocycles. The van der Waals surface area contributed by atoms with Crippen LogP contribution in [0.2, 0.25) is 0 Å². The third-order valence-corrected chi connectivity index (χ3v) is 7.58. The molecule has 186 valence electrons. The number of nitrogens with one attached hydrogen (secondary N) is 1. The number of methoxy groups -OCH3 is 2. The minimum atomic E-state index is -4.00. The summed E-state index contributed by atoms with van der Waals surface area (Å²) in [5.41, 5.74) is 3.78. The summed E-state index contributed by atoms with van der Waals surface area (Å²) in [7, 11) is -0.887. The first-order valence-electron chi connectivity index (χ1n) is 11.2. The van der Waals surface area contributed by atoms with Crippen LogP contribution in [0.5, 0.6) is 11.5 Å². The second-order valence-electron chi connectivity index (χ2n) is 8.51. The van der Waals surface area contributed by atoms with Crippen LogP contribution in [0.25, 0.3) is 0 Å². The molecule has 3 aromatic rings. The molecule has 3 rings (SSSR count). The summed E-state index contributed by atoms with van der Waals surface area (Å²) in [6.45, 7) is 7.04. The number of anilines is 1. The SMILES string of the molecule is COc1ccc(OC)c(C(C)NC(=O)CN(c2cc(C)ccc2C)S(=O)(=O)c2ccc(C)cc2)c1. The fourth-order valence-electron chi connectivity index (χ4n) is 3.80. The minimum absolute atomic E-state index is 0.124. The van der Waals surface area contributed by atoms with Gasteiger partial charge in [0.2, 0.25) is 5.91 Å². The van der Waals surface area contributed by atoms with Gasteiger partial charge in [0.15, 0.2) is 0 Å². The standard InChI is InChI=1S/C27H32N2O5S/c1-18-8-12-23(13-9-18)35(31,32)29(25-15-19(2)7-10-20(25)3)17-27(30)28-21(4)24-16-22(33-5)11-14-26(24)34-6/h7-16,21H,17H2,1-6H3,(H,28,30). The topological polar surface area (TPSA) is 84.9 Å². The zero-order chi connectivity index (χ0) is 25.8. The van der Waals surface area contributed by atoms with Crippen molar-refractivity contribution >= 4 is 21.6 Å². The van der Waals surface area contributed by atoms with E-state index in [0.717, 1.165) is 22.3 Å². The number of carbonyl (C=O) groups is 1. The van der Waals surface area contributed by atoms with Crippen LogP contribution in [0.1, 0.15) is 35.2 Å². The first-order chi connectivity index (χ1) is 16.6. The number of hydrogen-bond acceptors (Lipinski definition) is 5. The predicted octanol–water partition coefficient (Wildman–Crippen LogP) is 4.70. The molecule has 0 aromatic heterocycles. The third-order valence-electron chi connectivity index (χ3n) is 5.81. The summed E-state index contributed by atoms with van der Waals surface area (Å²) in [6, 6.07) is 17.0. The van der Waals surface area contributed by atoms with Crippen molar-refractivity contribution < 1.29 is 22.7 Å². The maximum absolute atomic E-state index is 13.7. The van der Waals surface area contributed by atoms with Gasteiger partial charge in [-0.2, -0.15) is 0 Å². The van der Waals surface area contributed by atoms with Gasteiger partial charge in [-0.3, -0.25) is 9.10 Å². The molecule has 0 heterocycles. The van der Waals surface area contributed by atoms with Crippen LogP contribution in [-0.4, -0.2) is 35.1 Å². The van der Waals surface area contributed by atoms with E-state index in [4.69, 9.17) is 9.47 Å². The Morgan fingerprint density at radius 3 is 2.20 bits per heavy atom. The number of carbonyl (C=O) groups excluding carboxylic acids is 1. The van der Waals surface area contributed by atoms with Crippen molar-refractivity contribution in [2.45, 2.75) is 38.6 Å². The van der Waals surface area contributed by atoms with Crippen LogP contribution in [0, 0.1) is 20.8 Å². The van der Waals surface area contributed by atoms with Crippen molar-refractivity contribution in [3.8, 4) is 11.5 Å². The Balaban J connectivity index is 1.96. The molecule has 0 aliphatic carbocycles. The summed E-state index contributed by atoms with van der Waals surface area (Å²) in [6.07, 6.45) is 0. The highest BCUT2D eigenvalue weighted by Gasteiger charge is 2.29. The Morgan fingerprint density at radius 1 is 0.914 bits per heavy atom. The van der Waals surface area contributed by atoms with Crippen LogP contribution >= 0.6 is 0 Å². The van der Waals surface area contributed by atoms with Gasteiger partial charge in [0.1, 0.15) is 18.0 Å². The van der Waals surface area contributed by atoms with Crippen molar-refractivity contribution in [1.29, 1.82) is 0 Å². The molecule has 8 heteroatoms. The number of benzene rings is 3. The summed E-state index contributed by atoms with van der Waals surface area (Å²) < 4.78 is 39.3. The molecule has 0 radical (unpaired) electrons. The Hall–Kier alpha value is -3.52. The average Bonchev–Trinajstić information content (AvgIpc) is 2.83. The molecule has 0 aliphatic heterocycles. The van der Waals surface area contributed by atoms with Gasteiger partial charge >= 0.3 is 0 Å². The predicted molar refractivity (Wildman–Crippen MR) is 138 cm³/mol. The molecule has 1 unspecified atom stereocenters. The molecule has 0 saturated heterocycles. The Bertz CT molecular complexity index is 1300. The van der Waals surface area contributed by atoms with Crippen LogP contribution in [0.4, 0.5) is 5.69 Å². The monoisotopic (exact) mass is 496 g/mol. The smallest absolute Gasteiger partial charge is 0.264 e. The second-order valence-corrected chi connectivity index (χ2v) is 10.4. The second kappa shape index (κ2) is 10.8. The highest BCUT2D eigenvalue weighted by molar-refractivity contribution is 7.92. The molecular weight excluding hydrogens is 464 g/mol. The van der Waals surface area contributed by atoms with E-state index in [1.807, 2.05) is 39.8 Å². The lowest BCUT2D eigenvalue weighted by molar-refractivity contribution is -0.120. The molecule has 0 aliphatic rings. The maximum atomic E-state index is 13.7. The van der Waals surface area contributed by atoms with Gasteiger partial charge in [0.25, 0.3) is 10.0 Å². The Kier molecular flexibility index (Phi) is 8.07. The maximum Gasteiger partial charge on any atom is 0.264 e. The number of amides is 1. The van der Waals surface area contributed by atoms with Crippen LogP contribution in [-0.2, 0) is 14.8 Å². The lowest BCUT2D eigenvalue weighted by atomic mass is 10.1. The number of hydrogen-bond donors (Lipinski definition) is 1. The molecule has 0 fully saturated rings. The number of nitrogens with zero attached hydrogens (tertiary/aromatic N) is 1. The third kappa shape index (κ3) is 5.95. The van der Waals surface area contributed by atoms with E-state index in [1.54, 1.807) is 62.8 Å². The zero-order valence-corrected chi connectivity index (χ0v) is 21.8. The van der Waals surface area contributed by atoms with Crippen molar-refractivity contribution in [3.05, 3.63) is 82.9 Å². The fraction of sp³-hybridized carbons (Fsp3) is 0.296. The fourth-order valence-corrected chi connectivity index (χ4v) is 5.28. The van der Waals surface area contributed by atoms with E-state index in [9.17, 15) is 13.2 Å². The summed E-state index contributed by atoms with van der Waals surface area (Å²) in [4.78, 5) is 13.3. The molecule has 35 heavy (non-hydrogen) atoms. The summed E-state index contributed by atoms with van der Waals surface area (Å²) in [5.74, 6) is 0.775. The van der Waals surface area contributed by atoms with Crippen molar-refractivity contribution in [3.63, 3.8) is 0 Å². The lowest BCUT2D eigenvalue weighted by Gasteiger charge is -2.27. The van der Waals surface area contributed by atoms with Gasteiger partial charge in [-0.25, -0.2) is 8.42 Å². The molecular formula is C27H32N2O5S. The van der Waals surface area contributed by atoms with E-state index >= 15 is 0 Å². The van der Waals surface area contributed by atoms with Gasteiger partial charge in [-0.1, -0.05) is 29.8 Å². The number of ether oxygens (including phenoxy) is 2. The first kappa shape index (κ1) is 26.1. The van der Waals surface area contributed by atoms with E-state index in [1.165, 1.54) is 4.31 Å². The molecule has 1 amide bonds. The number of sulfonamides is 1. The van der Waals surface area contributed by atoms with E-state index < -0.39 is 22.0 Å². The van der Waals surface area contributed by atoms with Gasteiger partial charge in [0, 0.05) is 5.56 Å². The van der Waals surface area contributed by atoms with Crippen LogP contribution in [0.15, 0.2) is 65.6 Å². The summed E-state index contributed by atoms with van der Waals surface area (Å²) >= 11 is 0. The van der Waals surface area contributed by atoms with Gasteiger partial charge in [0.05, 0.1) is 30.8 Å². The number of aryl methyl sites for hydroxylation is 3. The van der Waals surface area contributed by atoms with Crippen molar-refractivity contribution in [2.75, 3.05) is 25.1 Å². The average molecular weight is 497 g/mol. The summed E-state index contributed by atoms with van der Waals surface area (Å²) in [5, 5.41) is 2.91. The van der Waals surface area contributed by atoms with Gasteiger partial charge < -0.3 is 14.8 Å². The Labute approximate surface area is 207 Å². The van der Waals surface area contributed by atoms with Gasteiger partial charge in [-0.15, -0.1) is 0 Å². The molecule has 1 atom stereocenters. The van der Waals surface area contributed by atoms with E-state index in [-0.39, 0.29) is 11.4 Å². The molecule has 0 bridgehead atoms. The zero-order valence-electron chi connectivity index (χ0n) is 21.0. The van der Waals surface area contributed by atoms with E-state index in [2.05, 4.69) is 5.32 Å². The van der Waals surface area contributed by atoms with Gasteiger partial charge in [-0.05, 0) is 75.2 Å². The minimum Gasteiger partial charge on any atom is -0.497 e. The highest BCUT2D eigenvalue weighted by Crippen LogP contribution is 2.30. The lowest BCUT2D eigenvalue weighted by Crippen LogP contribution is -2.42. The molecule has 7 nitrogen and oxygen atoms in total. The van der Waals surface area contributed by atoms with Crippen LogP contribution in [0.3, 0.4) is 0 Å². The first-order valence-corrected chi connectivity index (χ1v) is 12.7. The molecule has 1 N–H and O–H groups in total. The number of rotatable bonds is 9.